The van der Waals surface area contributed by atoms with Crippen LogP contribution in [0.1, 0.15) is 22.3 Å². The Kier molecular flexibility index (Phi) is 4.51. The molecule has 0 fully saturated rings. The molecule has 3 N–H and O–H groups in total. The summed E-state index contributed by atoms with van der Waals surface area (Å²) in [5.41, 5.74) is 4.68. The first-order valence-corrected chi connectivity index (χ1v) is 5.10. The number of alkyl halides is 3. The monoisotopic (exact) mass is 246 g/mol. The van der Waals surface area contributed by atoms with Gasteiger partial charge in [0.25, 0.3) is 5.91 Å². The van der Waals surface area contributed by atoms with E-state index in [1.807, 2.05) is 0 Å². The van der Waals surface area contributed by atoms with Crippen molar-refractivity contribution in [3.8, 4) is 0 Å². The number of nitrogens with one attached hydrogen (secondary N) is 1. The van der Waals surface area contributed by atoms with Gasteiger partial charge in [-0.05, 0) is 37.2 Å². The van der Waals surface area contributed by atoms with Gasteiger partial charge in [0.1, 0.15) is 0 Å². The normalized spacial score (nSPS) is 11.3. The molecule has 0 bridgehead atoms. The molecule has 0 aliphatic carbocycles. The van der Waals surface area contributed by atoms with Gasteiger partial charge in [-0.15, -0.1) is 0 Å². The molecular weight excluding hydrogens is 233 g/mol. The van der Waals surface area contributed by atoms with Crippen LogP contribution in [0.3, 0.4) is 0 Å². The molecule has 0 heterocycles. The Bertz CT molecular complexity index is 373. The molecule has 0 saturated heterocycles. The van der Waals surface area contributed by atoms with E-state index in [9.17, 15) is 18.0 Å². The largest absolute Gasteiger partial charge is 0.416 e. The topological polar surface area (TPSA) is 55.1 Å². The predicted octanol–water partition coefficient (Wildman–Crippen LogP) is 1.78. The summed E-state index contributed by atoms with van der Waals surface area (Å²) in [6.07, 6.45) is -3.75. The number of carbonyl (C=O) groups excluding carboxylic acids is 1. The molecule has 94 valence electrons. The molecule has 3 nitrogen and oxygen atoms in total. The van der Waals surface area contributed by atoms with Gasteiger partial charge in [0.15, 0.2) is 0 Å². The molecule has 0 unspecified atom stereocenters. The minimum Gasteiger partial charge on any atom is -0.352 e. The van der Waals surface area contributed by atoms with Crippen molar-refractivity contribution in [3.05, 3.63) is 35.4 Å². The van der Waals surface area contributed by atoms with Gasteiger partial charge in [-0.25, -0.2) is 0 Å². The van der Waals surface area contributed by atoms with Crippen molar-refractivity contribution in [3.63, 3.8) is 0 Å². The van der Waals surface area contributed by atoms with Crippen LogP contribution in [0.4, 0.5) is 13.2 Å². The number of amides is 1. The molecule has 17 heavy (non-hydrogen) atoms. The third-order valence-electron chi connectivity index (χ3n) is 2.14. The van der Waals surface area contributed by atoms with Crippen molar-refractivity contribution in [1.82, 2.24) is 5.32 Å². The SMILES string of the molecule is NCCCNC(=O)c1ccc(C(F)(F)F)cc1. The van der Waals surface area contributed by atoms with Gasteiger partial charge in [-0.1, -0.05) is 0 Å². The third-order valence-corrected chi connectivity index (χ3v) is 2.14. The number of hydrogen-bond donors (Lipinski definition) is 2. The Morgan fingerprint density at radius 3 is 2.29 bits per heavy atom. The summed E-state index contributed by atoms with van der Waals surface area (Å²) in [5.74, 6) is -0.396. The van der Waals surface area contributed by atoms with E-state index in [-0.39, 0.29) is 5.56 Å². The molecule has 0 aliphatic heterocycles. The highest BCUT2D eigenvalue weighted by atomic mass is 19.4. The number of hydrogen-bond acceptors (Lipinski definition) is 2. The Labute approximate surface area is 96.8 Å². The maximum Gasteiger partial charge on any atom is 0.416 e. The lowest BCUT2D eigenvalue weighted by Gasteiger charge is -2.08. The van der Waals surface area contributed by atoms with Gasteiger partial charge >= 0.3 is 6.18 Å². The van der Waals surface area contributed by atoms with E-state index >= 15 is 0 Å². The summed E-state index contributed by atoms with van der Waals surface area (Å²) in [6.45, 7) is 0.865. The van der Waals surface area contributed by atoms with Crippen LogP contribution in [0.2, 0.25) is 0 Å². The fourth-order valence-corrected chi connectivity index (χ4v) is 1.22. The number of carbonyl (C=O) groups is 1. The van der Waals surface area contributed by atoms with Gasteiger partial charge in [-0.2, -0.15) is 13.2 Å². The number of rotatable bonds is 4. The van der Waals surface area contributed by atoms with Crippen LogP contribution in [-0.2, 0) is 6.18 Å². The molecular formula is C11H13F3N2O. The van der Waals surface area contributed by atoms with Gasteiger partial charge in [-0.3, -0.25) is 4.79 Å². The Morgan fingerprint density at radius 2 is 1.82 bits per heavy atom. The Hall–Kier alpha value is -1.56. The summed E-state index contributed by atoms with van der Waals surface area (Å²) < 4.78 is 36.8. The average molecular weight is 246 g/mol. The van der Waals surface area contributed by atoms with Crippen LogP contribution in [0.5, 0.6) is 0 Å². The van der Waals surface area contributed by atoms with E-state index in [1.165, 1.54) is 0 Å². The van der Waals surface area contributed by atoms with E-state index in [2.05, 4.69) is 5.32 Å². The molecule has 0 radical (unpaired) electrons. The van der Waals surface area contributed by atoms with Crippen LogP contribution < -0.4 is 11.1 Å². The highest BCUT2D eigenvalue weighted by Gasteiger charge is 2.30. The van der Waals surface area contributed by atoms with Crippen LogP contribution in [0, 0.1) is 0 Å². The van der Waals surface area contributed by atoms with Crippen molar-refractivity contribution in [2.45, 2.75) is 12.6 Å². The lowest BCUT2D eigenvalue weighted by atomic mass is 10.1. The summed E-state index contributed by atoms with van der Waals surface area (Å²) >= 11 is 0. The van der Waals surface area contributed by atoms with Crippen molar-refractivity contribution in [2.24, 2.45) is 5.73 Å². The predicted molar refractivity (Wildman–Crippen MR) is 57.4 cm³/mol. The zero-order valence-electron chi connectivity index (χ0n) is 9.05. The van der Waals surface area contributed by atoms with Crippen molar-refractivity contribution in [2.75, 3.05) is 13.1 Å². The first-order valence-electron chi connectivity index (χ1n) is 5.10. The second kappa shape index (κ2) is 5.67. The number of benzene rings is 1. The molecule has 0 atom stereocenters. The van der Waals surface area contributed by atoms with Crippen LogP contribution in [0.15, 0.2) is 24.3 Å². The van der Waals surface area contributed by atoms with Gasteiger partial charge in [0.05, 0.1) is 5.56 Å². The highest BCUT2D eigenvalue weighted by Crippen LogP contribution is 2.28. The fourth-order valence-electron chi connectivity index (χ4n) is 1.22. The Morgan fingerprint density at radius 1 is 1.24 bits per heavy atom. The van der Waals surface area contributed by atoms with E-state index in [1.54, 1.807) is 0 Å². The summed E-state index contributed by atoms with van der Waals surface area (Å²) in [4.78, 5) is 11.4. The molecule has 1 amide bonds. The standard InChI is InChI=1S/C11H13F3N2O/c12-11(13,14)9-4-2-8(3-5-9)10(17)16-7-1-6-15/h2-5H,1,6-7,15H2,(H,16,17). The highest BCUT2D eigenvalue weighted by molar-refractivity contribution is 5.94. The lowest BCUT2D eigenvalue weighted by Crippen LogP contribution is -2.26. The molecule has 0 aromatic heterocycles. The zero-order chi connectivity index (χ0) is 12.9. The summed E-state index contributed by atoms with van der Waals surface area (Å²) in [7, 11) is 0. The first-order chi connectivity index (χ1) is 7.95. The first kappa shape index (κ1) is 13.5. The Balaban J connectivity index is 2.64. The van der Waals surface area contributed by atoms with Crippen molar-refractivity contribution in [1.29, 1.82) is 0 Å². The molecule has 1 aromatic rings. The molecule has 1 rings (SSSR count). The van der Waals surface area contributed by atoms with E-state index in [4.69, 9.17) is 5.73 Å². The minimum absolute atomic E-state index is 0.204. The second-order valence-electron chi connectivity index (χ2n) is 3.47. The minimum atomic E-state index is -4.38. The zero-order valence-corrected chi connectivity index (χ0v) is 9.05. The number of nitrogens with two attached hydrogens (primary N) is 1. The van der Waals surface area contributed by atoms with Gasteiger partial charge in [0, 0.05) is 12.1 Å². The molecule has 0 spiro atoms. The quantitative estimate of drug-likeness (QED) is 0.796. The van der Waals surface area contributed by atoms with Gasteiger partial charge < -0.3 is 11.1 Å². The average Bonchev–Trinajstić information content (AvgIpc) is 2.28. The second-order valence-corrected chi connectivity index (χ2v) is 3.47. The van der Waals surface area contributed by atoms with Crippen LogP contribution in [0.25, 0.3) is 0 Å². The van der Waals surface area contributed by atoms with E-state index < -0.39 is 17.6 Å². The van der Waals surface area contributed by atoms with Crippen LogP contribution in [-0.4, -0.2) is 19.0 Å². The maximum atomic E-state index is 12.3. The van der Waals surface area contributed by atoms with Crippen LogP contribution >= 0.6 is 0 Å². The van der Waals surface area contributed by atoms with Crippen molar-refractivity contribution < 1.29 is 18.0 Å². The molecule has 6 heteroatoms. The van der Waals surface area contributed by atoms with Gasteiger partial charge in [0.2, 0.25) is 0 Å². The van der Waals surface area contributed by atoms with E-state index in [0.29, 0.717) is 19.5 Å². The molecule has 0 aliphatic rings. The van der Waals surface area contributed by atoms with E-state index in [0.717, 1.165) is 24.3 Å². The summed E-state index contributed by atoms with van der Waals surface area (Å²) in [6, 6.07) is 4.08. The lowest BCUT2D eigenvalue weighted by molar-refractivity contribution is -0.137. The smallest absolute Gasteiger partial charge is 0.352 e. The third kappa shape index (κ3) is 4.07. The number of halogens is 3. The molecule has 0 saturated carbocycles. The maximum absolute atomic E-state index is 12.3. The molecule has 1 aromatic carbocycles. The fraction of sp³-hybridized carbons (Fsp3) is 0.364. The van der Waals surface area contributed by atoms with Crippen molar-refractivity contribution >= 4 is 5.91 Å². The summed E-state index contributed by atoms with van der Waals surface area (Å²) in [5, 5.41) is 2.56.